The Balaban J connectivity index is 1.36. The van der Waals surface area contributed by atoms with Crippen LogP contribution < -0.4 is 15.0 Å². The minimum Gasteiger partial charge on any atom is -0.491 e. The van der Waals surface area contributed by atoms with E-state index in [1.165, 1.54) is 12.5 Å². The van der Waals surface area contributed by atoms with Crippen molar-refractivity contribution in [1.29, 1.82) is 0 Å². The Kier molecular flexibility index (Phi) is 7.16. The first-order chi connectivity index (χ1) is 18.2. The van der Waals surface area contributed by atoms with E-state index in [4.69, 9.17) is 4.74 Å². The first-order valence-electron chi connectivity index (χ1n) is 13.0. The van der Waals surface area contributed by atoms with Gasteiger partial charge in [-0.05, 0) is 55.3 Å². The predicted molar refractivity (Wildman–Crippen MR) is 146 cm³/mol. The molecule has 1 saturated heterocycles. The number of alkyl halides is 1. The third-order valence-electron chi connectivity index (χ3n) is 7.16. The van der Waals surface area contributed by atoms with Gasteiger partial charge < -0.3 is 24.6 Å². The molecule has 9 nitrogen and oxygen atoms in total. The van der Waals surface area contributed by atoms with Crippen molar-refractivity contribution in [2.75, 3.05) is 29.9 Å². The zero-order chi connectivity index (χ0) is 26.9. The molecule has 4 aromatic rings. The molecule has 10 heteroatoms. The van der Waals surface area contributed by atoms with Gasteiger partial charge in [-0.15, -0.1) is 0 Å². The van der Waals surface area contributed by atoms with Crippen molar-refractivity contribution in [1.82, 2.24) is 24.5 Å². The number of benzene rings is 1. The van der Waals surface area contributed by atoms with Crippen molar-refractivity contribution in [2.45, 2.75) is 58.4 Å². The van der Waals surface area contributed by atoms with Crippen LogP contribution in [0.4, 0.5) is 22.0 Å². The largest absolute Gasteiger partial charge is 0.491 e. The fraction of sp³-hybridized carbons (Fsp3) is 0.429. The number of piperidine rings is 1. The molecule has 38 heavy (non-hydrogen) atoms. The second-order valence-electron chi connectivity index (χ2n) is 10.3. The van der Waals surface area contributed by atoms with Gasteiger partial charge in [0.05, 0.1) is 18.7 Å². The third-order valence-corrected chi connectivity index (χ3v) is 7.16. The minimum atomic E-state index is -1.37. The van der Waals surface area contributed by atoms with E-state index in [1.54, 1.807) is 23.4 Å². The molecular weight excluding hydrogens is 485 g/mol. The Morgan fingerprint density at radius 3 is 2.74 bits per heavy atom. The molecule has 2 N–H and O–H groups in total. The predicted octanol–water partition coefficient (Wildman–Crippen LogP) is 4.77. The summed E-state index contributed by atoms with van der Waals surface area (Å²) in [6.07, 6.45) is 6.14. The van der Waals surface area contributed by atoms with E-state index in [-0.39, 0.29) is 6.54 Å². The number of nitrogens with one attached hydrogen (secondary N) is 1. The molecule has 0 radical (unpaired) electrons. The van der Waals surface area contributed by atoms with Crippen LogP contribution in [0.3, 0.4) is 0 Å². The lowest BCUT2D eigenvalue weighted by molar-refractivity contribution is -0.0332. The Labute approximate surface area is 221 Å². The fourth-order valence-corrected chi connectivity index (χ4v) is 4.71. The summed E-state index contributed by atoms with van der Waals surface area (Å²) in [6, 6.07) is 7.88. The molecule has 2 atom stereocenters. The first-order valence-corrected chi connectivity index (χ1v) is 13.0. The average Bonchev–Trinajstić information content (AvgIpc) is 3.30. The molecule has 200 valence electrons. The maximum Gasteiger partial charge on any atom is 0.227 e. The molecule has 0 spiro atoms. The summed E-state index contributed by atoms with van der Waals surface area (Å²) < 4.78 is 22.6. The van der Waals surface area contributed by atoms with E-state index in [2.05, 4.69) is 49.7 Å². The van der Waals surface area contributed by atoms with Crippen LogP contribution in [0.1, 0.15) is 44.5 Å². The number of nitrogens with zero attached hydrogens (tertiary/aromatic N) is 6. The smallest absolute Gasteiger partial charge is 0.227 e. The van der Waals surface area contributed by atoms with Crippen LogP contribution in [0.5, 0.6) is 5.75 Å². The highest BCUT2D eigenvalue weighted by atomic mass is 19.1. The summed E-state index contributed by atoms with van der Waals surface area (Å²) in [4.78, 5) is 19.6. The standard InChI is InChI=1S/C28H34FN7O2/c1-18(2)20-5-6-23(38-14-13-35-12-10-30-19(35)3)22-16-32-26(15-21(20)22)33-25-7-9-31-27(34-25)36-11-8-28(4,37)24(29)17-36/h5-7,9-10,12,15-16,18,24,37H,8,11,13-14,17H2,1-4H3,(H,31,32,33,34)/t24-,28+/m0/s1. The molecular formula is C28H34FN7O2. The quantitative estimate of drug-likeness (QED) is 0.343. The maximum absolute atomic E-state index is 14.4. The summed E-state index contributed by atoms with van der Waals surface area (Å²) in [6.45, 7) is 9.58. The van der Waals surface area contributed by atoms with Crippen molar-refractivity contribution >= 4 is 28.4 Å². The molecule has 0 bridgehead atoms. The van der Waals surface area contributed by atoms with E-state index in [9.17, 15) is 9.50 Å². The Hall–Kier alpha value is -3.79. The second kappa shape index (κ2) is 10.5. The zero-order valence-corrected chi connectivity index (χ0v) is 22.2. The SMILES string of the molecule is Cc1nccn1CCOc1ccc(C(C)C)c2cc(Nc3ccnc(N4CC[C@@](C)(O)[C@@H](F)C4)n3)ncc12. The highest BCUT2D eigenvalue weighted by Crippen LogP contribution is 2.34. The Bertz CT molecular complexity index is 1420. The van der Waals surface area contributed by atoms with Gasteiger partial charge in [0.1, 0.15) is 36.0 Å². The van der Waals surface area contributed by atoms with E-state index in [0.717, 1.165) is 22.3 Å². The molecule has 0 unspecified atom stereocenters. The van der Waals surface area contributed by atoms with Gasteiger partial charge in [-0.25, -0.2) is 19.3 Å². The molecule has 0 amide bonds. The number of pyridine rings is 1. The monoisotopic (exact) mass is 519 g/mol. The normalized spacial score (nSPS) is 19.8. The van der Waals surface area contributed by atoms with Gasteiger partial charge in [-0.2, -0.15) is 4.98 Å². The summed E-state index contributed by atoms with van der Waals surface area (Å²) in [7, 11) is 0. The number of ether oxygens (including phenoxy) is 1. The molecule has 1 fully saturated rings. The number of aryl methyl sites for hydroxylation is 1. The summed E-state index contributed by atoms with van der Waals surface area (Å²) in [5.74, 6) is 3.67. The zero-order valence-electron chi connectivity index (χ0n) is 22.2. The molecule has 3 aromatic heterocycles. The van der Waals surface area contributed by atoms with Crippen molar-refractivity contribution in [2.24, 2.45) is 0 Å². The molecule has 4 heterocycles. The van der Waals surface area contributed by atoms with E-state index >= 15 is 0 Å². The Morgan fingerprint density at radius 2 is 2.00 bits per heavy atom. The lowest BCUT2D eigenvalue weighted by atomic mass is 9.92. The summed E-state index contributed by atoms with van der Waals surface area (Å²) >= 11 is 0. The van der Waals surface area contributed by atoms with Crippen molar-refractivity contribution < 1.29 is 14.2 Å². The second-order valence-corrected chi connectivity index (χ2v) is 10.3. The van der Waals surface area contributed by atoms with Crippen molar-refractivity contribution in [3.8, 4) is 5.75 Å². The van der Waals surface area contributed by atoms with Crippen LogP contribution in [0.2, 0.25) is 0 Å². The van der Waals surface area contributed by atoms with Crippen molar-refractivity contribution in [3.05, 3.63) is 60.4 Å². The number of aliphatic hydroxyl groups is 1. The van der Waals surface area contributed by atoms with E-state index < -0.39 is 11.8 Å². The van der Waals surface area contributed by atoms with Gasteiger partial charge >= 0.3 is 0 Å². The first kappa shape index (κ1) is 25.8. The van der Waals surface area contributed by atoms with Crippen molar-refractivity contribution in [3.63, 3.8) is 0 Å². The number of aromatic nitrogens is 5. The number of halogens is 1. The van der Waals surface area contributed by atoms with Crippen LogP contribution in [0, 0.1) is 6.92 Å². The molecule has 1 aliphatic rings. The molecule has 0 saturated carbocycles. The van der Waals surface area contributed by atoms with Gasteiger partial charge in [0.25, 0.3) is 0 Å². The third kappa shape index (κ3) is 5.40. The summed E-state index contributed by atoms with van der Waals surface area (Å²) in [5, 5.41) is 15.4. The van der Waals surface area contributed by atoms with Gasteiger partial charge in [0.15, 0.2) is 0 Å². The van der Waals surface area contributed by atoms with Gasteiger partial charge in [-0.3, -0.25) is 0 Å². The van der Waals surface area contributed by atoms with Gasteiger partial charge in [0.2, 0.25) is 5.95 Å². The number of hydrogen-bond donors (Lipinski definition) is 2. The summed E-state index contributed by atoms with van der Waals surface area (Å²) in [5.41, 5.74) is -0.128. The van der Waals surface area contributed by atoms with E-state index in [1.807, 2.05) is 31.5 Å². The number of anilines is 3. The lowest BCUT2D eigenvalue weighted by Crippen LogP contribution is -2.52. The Morgan fingerprint density at radius 1 is 1.16 bits per heavy atom. The van der Waals surface area contributed by atoms with Crippen LogP contribution in [-0.2, 0) is 6.54 Å². The van der Waals surface area contributed by atoms with Gasteiger partial charge in [-0.1, -0.05) is 19.9 Å². The number of imidazole rings is 1. The van der Waals surface area contributed by atoms with Gasteiger partial charge in [0, 0.05) is 36.7 Å². The van der Waals surface area contributed by atoms with Crippen LogP contribution >= 0.6 is 0 Å². The van der Waals surface area contributed by atoms with E-state index in [0.29, 0.717) is 49.6 Å². The van der Waals surface area contributed by atoms with Crippen LogP contribution in [0.25, 0.3) is 10.8 Å². The molecule has 1 aromatic carbocycles. The molecule has 0 aliphatic carbocycles. The highest BCUT2D eigenvalue weighted by Gasteiger charge is 2.38. The fourth-order valence-electron chi connectivity index (χ4n) is 4.71. The number of hydrogen-bond acceptors (Lipinski definition) is 8. The molecule has 1 aliphatic heterocycles. The number of rotatable bonds is 8. The molecule has 5 rings (SSSR count). The highest BCUT2D eigenvalue weighted by molar-refractivity contribution is 5.92. The minimum absolute atomic E-state index is 0.0472. The van der Waals surface area contributed by atoms with Crippen LogP contribution in [-0.4, -0.2) is 61.1 Å². The number of fused-ring (bicyclic) bond motifs is 1. The lowest BCUT2D eigenvalue weighted by Gasteiger charge is -2.38. The van der Waals surface area contributed by atoms with Crippen LogP contribution in [0.15, 0.2) is 49.1 Å². The maximum atomic E-state index is 14.4. The average molecular weight is 520 g/mol. The topological polar surface area (TPSA) is 101 Å².